The highest BCUT2D eigenvalue weighted by Gasteiger charge is 2.01. The third-order valence-corrected chi connectivity index (χ3v) is 2.61. The summed E-state index contributed by atoms with van der Waals surface area (Å²) in [6.45, 7) is 7.59. The van der Waals surface area contributed by atoms with Crippen LogP contribution in [0.5, 0.6) is 0 Å². The van der Waals surface area contributed by atoms with Crippen molar-refractivity contribution in [3.63, 3.8) is 0 Å². The van der Waals surface area contributed by atoms with Crippen LogP contribution >= 0.6 is 11.8 Å². The minimum atomic E-state index is -0.177. The standard InChI is InChI=1S/C12H13FS/c1-9(2)14-8-10(3)11-6-4-5-7-12(11)13/h4-8H,1H2,2-3H3/b10-8+. The Morgan fingerprint density at radius 3 is 2.57 bits per heavy atom. The first-order valence-electron chi connectivity index (χ1n) is 4.35. The van der Waals surface area contributed by atoms with E-state index >= 15 is 0 Å². The molecular weight excluding hydrogens is 195 g/mol. The van der Waals surface area contributed by atoms with Gasteiger partial charge in [-0.15, -0.1) is 11.8 Å². The number of thioether (sulfide) groups is 1. The van der Waals surface area contributed by atoms with Crippen LogP contribution in [0.15, 0.2) is 41.2 Å². The van der Waals surface area contributed by atoms with Crippen molar-refractivity contribution in [2.45, 2.75) is 13.8 Å². The summed E-state index contributed by atoms with van der Waals surface area (Å²) in [5.41, 5.74) is 1.58. The molecule has 2 heteroatoms. The number of halogens is 1. The average molecular weight is 208 g/mol. The molecule has 0 aliphatic rings. The van der Waals surface area contributed by atoms with E-state index in [0.717, 1.165) is 10.5 Å². The van der Waals surface area contributed by atoms with Gasteiger partial charge in [-0.3, -0.25) is 0 Å². The molecule has 0 aliphatic carbocycles. The molecular formula is C12H13FS. The van der Waals surface area contributed by atoms with Crippen LogP contribution in [0, 0.1) is 5.82 Å². The van der Waals surface area contributed by atoms with Crippen molar-refractivity contribution in [3.8, 4) is 0 Å². The molecule has 0 N–H and O–H groups in total. The molecule has 0 saturated heterocycles. The van der Waals surface area contributed by atoms with Gasteiger partial charge in [-0.2, -0.15) is 0 Å². The van der Waals surface area contributed by atoms with E-state index in [0.29, 0.717) is 5.56 Å². The Bertz CT molecular complexity index is 366. The highest BCUT2D eigenvalue weighted by molar-refractivity contribution is 8.05. The number of allylic oxidation sites excluding steroid dienone is 2. The van der Waals surface area contributed by atoms with Crippen LogP contribution < -0.4 is 0 Å². The van der Waals surface area contributed by atoms with Gasteiger partial charge < -0.3 is 0 Å². The molecule has 0 heterocycles. The maximum absolute atomic E-state index is 13.3. The first kappa shape index (κ1) is 11.1. The molecule has 0 amide bonds. The summed E-state index contributed by atoms with van der Waals surface area (Å²) < 4.78 is 13.3. The van der Waals surface area contributed by atoms with Crippen molar-refractivity contribution in [1.29, 1.82) is 0 Å². The zero-order chi connectivity index (χ0) is 10.6. The van der Waals surface area contributed by atoms with E-state index in [2.05, 4.69) is 6.58 Å². The van der Waals surface area contributed by atoms with E-state index in [-0.39, 0.29) is 5.82 Å². The van der Waals surface area contributed by atoms with Gasteiger partial charge in [0.2, 0.25) is 0 Å². The Morgan fingerprint density at radius 2 is 2.00 bits per heavy atom. The molecule has 14 heavy (non-hydrogen) atoms. The van der Waals surface area contributed by atoms with E-state index < -0.39 is 0 Å². The Balaban J connectivity index is 2.89. The summed E-state index contributed by atoms with van der Waals surface area (Å²) in [5.74, 6) is -0.177. The van der Waals surface area contributed by atoms with Gasteiger partial charge in [-0.25, -0.2) is 4.39 Å². The van der Waals surface area contributed by atoms with E-state index in [1.165, 1.54) is 17.8 Å². The minimum absolute atomic E-state index is 0.177. The zero-order valence-electron chi connectivity index (χ0n) is 8.38. The van der Waals surface area contributed by atoms with Crippen LogP contribution in [0.25, 0.3) is 5.57 Å². The summed E-state index contributed by atoms with van der Waals surface area (Å²) in [5, 5.41) is 1.92. The Hall–Kier alpha value is -1.02. The van der Waals surface area contributed by atoms with Crippen molar-refractivity contribution in [1.82, 2.24) is 0 Å². The summed E-state index contributed by atoms with van der Waals surface area (Å²) in [7, 11) is 0. The number of rotatable bonds is 3. The molecule has 0 spiro atoms. The van der Waals surface area contributed by atoms with Crippen molar-refractivity contribution in [2.24, 2.45) is 0 Å². The van der Waals surface area contributed by atoms with Gasteiger partial charge in [0.1, 0.15) is 5.82 Å². The van der Waals surface area contributed by atoms with E-state index in [9.17, 15) is 4.39 Å². The zero-order valence-corrected chi connectivity index (χ0v) is 9.20. The van der Waals surface area contributed by atoms with Crippen molar-refractivity contribution >= 4 is 17.3 Å². The first-order valence-corrected chi connectivity index (χ1v) is 5.23. The lowest BCUT2D eigenvalue weighted by Gasteiger charge is -2.02. The van der Waals surface area contributed by atoms with Gasteiger partial charge in [-0.1, -0.05) is 24.8 Å². The summed E-state index contributed by atoms with van der Waals surface area (Å²) in [4.78, 5) is 1.00. The largest absolute Gasteiger partial charge is 0.206 e. The lowest BCUT2D eigenvalue weighted by atomic mass is 10.1. The van der Waals surface area contributed by atoms with Crippen LogP contribution in [0.4, 0.5) is 4.39 Å². The number of hydrogen-bond acceptors (Lipinski definition) is 1. The van der Waals surface area contributed by atoms with Gasteiger partial charge in [0.25, 0.3) is 0 Å². The van der Waals surface area contributed by atoms with Crippen LogP contribution in [0.2, 0.25) is 0 Å². The molecule has 0 radical (unpaired) electrons. The van der Waals surface area contributed by atoms with Crippen LogP contribution in [0.1, 0.15) is 19.4 Å². The minimum Gasteiger partial charge on any atom is -0.206 e. The molecule has 0 aromatic heterocycles. The lowest BCUT2D eigenvalue weighted by Crippen LogP contribution is -1.84. The van der Waals surface area contributed by atoms with E-state index in [1.807, 2.05) is 25.3 Å². The van der Waals surface area contributed by atoms with Gasteiger partial charge in [0, 0.05) is 5.56 Å². The Labute approximate surface area is 88.5 Å². The highest BCUT2D eigenvalue weighted by atomic mass is 32.2. The third-order valence-electron chi connectivity index (χ3n) is 1.74. The van der Waals surface area contributed by atoms with Crippen LogP contribution in [0.3, 0.4) is 0 Å². The number of benzene rings is 1. The molecule has 0 saturated carbocycles. The summed E-state index contributed by atoms with van der Waals surface area (Å²) in [6.07, 6.45) is 0. The maximum atomic E-state index is 13.3. The van der Waals surface area contributed by atoms with Gasteiger partial charge in [0.05, 0.1) is 0 Å². The quantitative estimate of drug-likeness (QED) is 0.707. The second-order valence-electron chi connectivity index (χ2n) is 3.10. The predicted octanol–water partition coefficient (Wildman–Crippen LogP) is 4.45. The summed E-state index contributed by atoms with van der Waals surface area (Å²) in [6, 6.07) is 6.78. The lowest BCUT2D eigenvalue weighted by molar-refractivity contribution is 0.624. The molecule has 0 unspecified atom stereocenters. The van der Waals surface area contributed by atoms with E-state index in [4.69, 9.17) is 0 Å². The topological polar surface area (TPSA) is 0 Å². The SMILES string of the molecule is C=C(C)S/C=C(\C)c1ccccc1F. The van der Waals surface area contributed by atoms with Gasteiger partial charge in [0.15, 0.2) is 0 Å². The molecule has 1 aromatic rings. The molecule has 1 rings (SSSR count). The molecule has 1 aromatic carbocycles. The fourth-order valence-corrected chi connectivity index (χ4v) is 1.54. The monoisotopic (exact) mass is 208 g/mol. The highest BCUT2D eigenvalue weighted by Crippen LogP contribution is 2.23. The normalized spacial score (nSPS) is 11.5. The first-order chi connectivity index (χ1) is 6.61. The fourth-order valence-electron chi connectivity index (χ4n) is 1.03. The fraction of sp³-hybridized carbons (Fsp3) is 0.167. The molecule has 74 valence electrons. The van der Waals surface area contributed by atoms with Crippen molar-refractivity contribution in [3.05, 3.63) is 52.5 Å². The van der Waals surface area contributed by atoms with Crippen LogP contribution in [-0.2, 0) is 0 Å². The van der Waals surface area contributed by atoms with Crippen molar-refractivity contribution in [2.75, 3.05) is 0 Å². The molecule has 0 atom stereocenters. The van der Waals surface area contributed by atoms with Gasteiger partial charge in [-0.05, 0) is 35.8 Å². The third kappa shape index (κ3) is 3.04. The smallest absolute Gasteiger partial charge is 0.130 e. The Kier molecular flexibility index (Phi) is 3.96. The van der Waals surface area contributed by atoms with Crippen molar-refractivity contribution < 1.29 is 4.39 Å². The maximum Gasteiger partial charge on any atom is 0.130 e. The Morgan fingerprint density at radius 1 is 1.36 bits per heavy atom. The molecule has 0 aliphatic heterocycles. The molecule has 0 fully saturated rings. The van der Waals surface area contributed by atoms with Gasteiger partial charge >= 0.3 is 0 Å². The van der Waals surface area contributed by atoms with Crippen LogP contribution in [-0.4, -0.2) is 0 Å². The second kappa shape index (κ2) is 5.01. The predicted molar refractivity (Wildman–Crippen MR) is 62.5 cm³/mol. The van der Waals surface area contributed by atoms with E-state index in [1.54, 1.807) is 12.1 Å². The molecule has 0 nitrogen and oxygen atoms in total. The molecule has 0 bridgehead atoms. The second-order valence-corrected chi connectivity index (χ2v) is 4.27. The number of hydrogen-bond donors (Lipinski definition) is 0. The summed E-state index contributed by atoms with van der Waals surface area (Å²) >= 11 is 1.52. The average Bonchev–Trinajstić information content (AvgIpc) is 2.15.